The van der Waals surface area contributed by atoms with Crippen molar-refractivity contribution in [3.8, 4) is 16.9 Å². The molecule has 2 unspecified atom stereocenters. The summed E-state index contributed by atoms with van der Waals surface area (Å²) < 4.78 is 63.3. The zero-order chi connectivity index (χ0) is 33.1. The Labute approximate surface area is 261 Å². The first-order valence-corrected chi connectivity index (χ1v) is 16.2. The van der Waals surface area contributed by atoms with Gasteiger partial charge in [0.25, 0.3) is 5.56 Å². The molecule has 2 atom stereocenters. The molecule has 0 bridgehead atoms. The molecule has 1 N–H and O–H groups in total. The van der Waals surface area contributed by atoms with Crippen molar-refractivity contribution >= 4 is 9.84 Å². The summed E-state index contributed by atoms with van der Waals surface area (Å²) in [6.45, 7) is 3.34. The number of ether oxygens (including phenoxy) is 1. The third-order valence-corrected chi connectivity index (χ3v) is 9.22. The largest absolute Gasteiger partial charge is 0.494 e. The minimum atomic E-state index is -3.89. The van der Waals surface area contributed by atoms with E-state index in [4.69, 9.17) is 4.74 Å². The number of hydrogen-bond donors (Lipinski definition) is 1. The van der Waals surface area contributed by atoms with Crippen molar-refractivity contribution in [1.29, 1.82) is 0 Å². The molecule has 1 aromatic heterocycles. The molecular formula is C33H38F2N4O5S. The smallest absolute Gasteiger partial charge is 0.331 e. The Morgan fingerprint density at radius 1 is 0.956 bits per heavy atom. The molecule has 0 radical (unpaired) electrons. The first-order chi connectivity index (χ1) is 21.3. The predicted molar refractivity (Wildman–Crippen MR) is 171 cm³/mol. The molecular weight excluding hydrogens is 602 g/mol. The van der Waals surface area contributed by atoms with Crippen LogP contribution in [0.1, 0.15) is 29.8 Å². The van der Waals surface area contributed by atoms with E-state index in [0.29, 0.717) is 6.54 Å². The zero-order valence-corrected chi connectivity index (χ0v) is 27.0. The summed E-state index contributed by atoms with van der Waals surface area (Å²) in [5.41, 5.74) is -1.17. The fourth-order valence-electron chi connectivity index (χ4n) is 5.17. The summed E-state index contributed by atoms with van der Waals surface area (Å²) in [7, 11) is 1.29. The lowest BCUT2D eigenvalue weighted by Gasteiger charge is -2.26. The molecule has 0 saturated heterocycles. The molecule has 0 amide bonds. The fraction of sp³-hybridized carbons (Fsp3) is 0.333. The summed E-state index contributed by atoms with van der Waals surface area (Å²) >= 11 is 0. The lowest BCUT2D eigenvalue weighted by molar-refractivity contribution is 0.286. The molecule has 0 spiro atoms. The van der Waals surface area contributed by atoms with Crippen molar-refractivity contribution in [2.24, 2.45) is 0 Å². The van der Waals surface area contributed by atoms with Gasteiger partial charge in [0, 0.05) is 35.7 Å². The molecule has 9 nitrogen and oxygen atoms in total. The van der Waals surface area contributed by atoms with Crippen LogP contribution >= 0.6 is 0 Å². The molecule has 4 rings (SSSR count). The van der Waals surface area contributed by atoms with E-state index in [1.54, 1.807) is 0 Å². The molecule has 0 fully saturated rings. The van der Waals surface area contributed by atoms with Crippen LogP contribution in [0.2, 0.25) is 0 Å². The van der Waals surface area contributed by atoms with Gasteiger partial charge < -0.3 is 15.0 Å². The average molecular weight is 641 g/mol. The Bertz CT molecular complexity index is 1910. The minimum absolute atomic E-state index is 0.0431. The van der Waals surface area contributed by atoms with Crippen molar-refractivity contribution in [2.45, 2.75) is 43.9 Å². The Kier molecular flexibility index (Phi) is 10.4. The maximum absolute atomic E-state index is 15.7. The minimum Gasteiger partial charge on any atom is -0.494 e. The number of aromatic nitrogens is 2. The Morgan fingerprint density at radius 2 is 1.62 bits per heavy atom. The lowest BCUT2D eigenvalue weighted by atomic mass is 10.0. The predicted octanol–water partition coefficient (Wildman–Crippen LogP) is 4.01. The highest BCUT2D eigenvalue weighted by molar-refractivity contribution is 7.90. The van der Waals surface area contributed by atoms with Crippen molar-refractivity contribution < 1.29 is 21.9 Å². The highest BCUT2D eigenvalue weighted by atomic mass is 32.2. The molecule has 0 saturated carbocycles. The van der Waals surface area contributed by atoms with Crippen LogP contribution in [0, 0.1) is 18.6 Å². The number of rotatable bonds is 12. The zero-order valence-electron chi connectivity index (χ0n) is 26.2. The number of likely N-dealkylation sites (N-methyl/N-ethyl adjacent to an activating group) is 1. The van der Waals surface area contributed by atoms with Crippen LogP contribution in [0.25, 0.3) is 11.1 Å². The van der Waals surface area contributed by atoms with Gasteiger partial charge in [0.1, 0.15) is 5.82 Å². The standard InChI is InChI=1S/C33H38F2N4O5S/c1-21(37(3)4)18-36-27(23-12-8-7-9-13-23)20-39-32(40)30(24-14-10-16-28(44-5)31(24)35)22(2)38(33(39)41)19-25-26(34)15-11-17-29(25)45(6,42)43/h7-17,21,27,36H,18-20H2,1-6H3. The second-order valence-corrected chi connectivity index (χ2v) is 13.2. The highest BCUT2D eigenvalue weighted by Gasteiger charge is 2.26. The molecule has 0 aliphatic heterocycles. The second-order valence-electron chi connectivity index (χ2n) is 11.2. The number of benzene rings is 3. The first kappa shape index (κ1) is 33.8. The number of nitrogens with one attached hydrogen (secondary N) is 1. The number of methoxy groups -OCH3 is 1. The Hall–Kier alpha value is -4.13. The molecule has 45 heavy (non-hydrogen) atoms. The Morgan fingerprint density at radius 3 is 2.24 bits per heavy atom. The summed E-state index contributed by atoms with van der Waals surface area (Å²) in [5, 5.41) is 3.45. The van der Waals surface area contributed by atoms with E-state index in [-0.39, 0.29) is 45.6 Å². The van der Waals surface area contributed by atoms with Gasteiger partial charge in [-0.25, -0.2) is 22.0 Å². The van der Waals surface area contributed by atoms with Gasteiger partial charge in [-0.3, -0.25) is 13.9 Å². The molecule has 4 aromatic rings. The van der Waals surface area contributed by atoms with Gasteiger partial charge >= 0.3 is 5.69 Å². The number of hydrogen-bond acceptors (Lipinski definition) is 7. The lowest BCUT2D eigenvalue weighted by Crippen LogP contribution is -2.46. The van der Waals surface area contributed by atoms with Crippen molar-refractivity contribution in [3.63, 3.8) is 0 Å². The summed E-state index contributed by atoms with van der Waals surface area (Å²) in [4.78, 5) is 30.1. The average Bonchev–Trinajstić information content (AvgIpc) is 3.00. The van der Waals surface area contributed by atoms with Crippen LogP contribution in [0.5, 0.6) is 5.75 Å². The van der Waals surface area contributed by atoms with E-state index >= 15 is 8.78 Å². The summed E-state index contributed by atoms with van der Waals surface area (Å²) in [6, 6.07) is 16.8. The van der Waals surface area contributed by atoms with Crippen molar-refractivity contribution in [3.05, 3.63) is 116 Å². The maximum Gasteiger partial charge on any atom is 0.331 e. The van der Waals surface area contributed by atoms with Crippen molar-refractivity contribution in [2.75, 3.05) is 34.0 Å². The number of halogens is 2. The normalized spacial score (nSPS) is 13.2. The first-order valence-electron chi connectivity index (χ1n) is 14.4. The van der Waals surface area contributed by atoms with Gasteiger partial charge in [0.15, 0.2) is 21.4 Å². The van der Waals surface area contributed by atoms with Gasteiger partial charge in [-0.05, 0) is 51.7 Å². The monoisotopic (exact) mass is 640 g/mol. The summed E-state index contributed by atoms with van der Waals surface area (Å²) in [5.74, 6) is -1.75. The molecule has 12 heteroatoms. The van der Waals surface area contributed by atoms with Crippen LogP contribution in [0.15, 0.2) is 81.2 Å². The fourth-order valence-corrected chi connectivity index (χ4v) is 6.10. The van der Waals surface area contributed by atoms with Crippen LogP contribution in [-0.2, 0) is 22.9 Å². The quantitative estimate of drug-likeness (QED) is 0.250. The molecule has 240 valence electrons. The van der Waals surface area contributed by atoms with E-state index in [2.05, 4.69) is 5.32 Å². The van der Waals surface area contributed by atoms with Gasteiger partial charge in [0.2, 0.25) is 0 Å². The van der Waals surface area contributed by atoms with Crippen LogP contribution < -0.4 is 21.3 Å². The number of sulfone groups is 1. The van der Waals surface area contributed by atoms with E-state index in [0.717, 1.165) is 27.0 Å². The van der Waals surface area contributed by atoms with E-state index in [1.165, 1.54) is 44.4 Å². The van der Waals surface area contributed by atoms with Crippen LogP contribution in [0.4, 0.5) is 8.78 Å². The molecule has 0 aliphatic carbocycles. The highest BCUT2D eigenvalue weighted by Crippen LogP contribution is 2.29. The third-order valence-electron chi connectivity index (χ3n) is 8.04. The molecule has 0 aliphatic rings. The maximum atomic E-state index is 15.7. The topological polar surface area (TPSA) is 103 Å². The van der Waals surface area contributed by atoms with E-state index in [9.17, 15) is 18.0 Å². The van der Waals surface area contributed by atoms with Crippen molar-refractivity contribution in [1.82, 2.24) is 19.4 Å². The second kappa shape index (κ2) is 13.9. The van der Waals surface area contributed by atoms with Gasteiger partial charge in [-0.15, -0.1) is 0 Å². The molecule has 1 heterocycles. The SMILES string of the molecule is COc1cccc(-c2c(C)n(Cc3c(F)cccc3S(C)(=O)=O)c(=O)n(CC(NCC(C)N(C)C)c3ccccc3)c2=O)c1F. The summed E-state index contributed by atoms with van der Waals surface area (Å²) in [6.07, 6.45) is 0.948. The van der Waals surface area contributed by atoms with Gasteiger partial charge in [-0.2, -0.15) is 0 Å². The van der Waals surface area contributed by atoms with E-state index in [1.807, 2.05) is 56.3 Å². The third kappa shape index (κ3) is 7.24. The van der Waals surface area contributed by atoms with Gasteiger partial charge in [-0.1, -0.05) is 48.5 Å². The van der Waals surface area contributed by atoms with Gasteiger partial charge in [0.05, 0.1) is 36.7 Å². The van der Waals surface area contributed by atoms with Crippen LogP contribution in [0.3, 0.4) is 0 Å². The molecule has 3 aromatic carbocycles. The van der Waals surface area contributed by atoms with E-state index < -0.39 is 45.3 Å². The number of nitrogens with zero attached hydrogens (tertiary/aromatic N) is 3. The Balaban J connectivity index is 1.99. The van der Waals surface area contributed by atoms with Crippen LogP contribution in [-0.4, -0.2) is 62.5 Å².